The summed E-state index contributed by atoms with van der Waals surface area (Å²) in [7, 11) is 0. The smallest absolute Gasteiger partial charge is 0.0486 e. The third-order valence-electron chi connectivity index (χ3n) is 2.39. The van der Waals surface area contributed by atoms with E-state index in [1.165, 1.54) is 0 Å². The highest BCUT2D eigenvalue weighted by Crippen LogP contribution is 2.24. The maximum absolute atomic E-state index is 5.28. The molecule has 0 saturated carbocycles. The summed E-state index contributed by atoms with van der Waals surface area (Å²) >= 11 is 0. The summed E-state index contributed by atoms with van der Waals surface area (Å²) in [5, 5.41) is 3.48. The molecule has 0 unspecified atom stereocenters. The van der Waals surface area contributed by atoms with E-state index in [-0.39, 0.29) is 12.4 Å². The topological polar surface area (TPSA) is 21.3 Å². The summed E-state index contributed by atoms with van der Waals surface area (Å²) in [5.74, 6) is 0. The number of hydrogen-bond acceptors (Lipinski definition) is 2. The Hall–Kier alpha value is -0.0500. The third kappa shape index (κ3) is 1.75. The Morgan fingerprint density at radius 2 is 2.00 bits per heavy atom. The lowest BCUT2D eigenvalue weighted by atomic mass is 9.92. The first-order chi connectivity index (χ1) is 4.91. The molecular formula is C8H14ClNO. The van der Waals surface area contributed by atoms with Crippen molar-refractivity contribution >= 4 is 12.4 Å². The molecule has 2 aliphatic heterocycles. The molecular weight excluding hydrogens is 162 g/mol. The van der Waals surface area contributed by atoms with Crippen LogP contribution in [0.1, 0.15) is 12.8 Å². The molecule has 0 aromatic rings. The second-order valence-electron chi connectivity index (χ2n) is 3.05. The summed E-state index contributed by atoms with van der Waals surface area (Å²) < 4.78 is 5.28. The molecule has 0 aromatic heterocycles. The van der Waals surface area contributed by atoms with Gasteiger partial charge in [0.2, 0.25) is 0 Å². The van der Waals surface area contributed by atoms with Crippen molar-refractivity contribution in [3.8, 4) is 0 Å². The predicted octanol–water partition coefficient (Wildman–Crippen LogP) is 1.12. The molecule has 0 atom stereocenters. The summed E-state index contributed by atoms with van der Waals surface area (Å²) in [5.41, 5.74) is 0.318. The number of rotatable bonds is 0. The van der Waals surface area contributed by atoms with Crippen molar-refractivity contribution in [1.82, 2.24) is 5.32 Å². The Kier molecular flexibility index (Phi) is 2.93. The highest BCUT2D eigenvalue weighted by atomic mass is 35.5. The number of nitrogens with one attached hydrogen (secondary N) is 1. The van der Waals surface area contributed by atoms with Crippen LogP contribution in [0, 0.1) is 0 Å². The SMILES string of the molecule is C1=CC2(CCOCC2)NC1.Cl. The van der Waals surface area contributed by atoms with Gasteiger partial charge in [0.05, 0.1) is 0 Å². The fraction of sp³-hybridized carbons (Fsp3) is 0.750. The van der Waals surface area contributed by atoms with Gasteiger partial charge in [-0.25, -0.2) is 0 Å². The maximum Gasteiger partial charge on any atom is 0.0486 e. The van der Waals surface area contributed by atoms with Crippen LogP contribution in [0.2, 0.25) is 0 Å². The monoisotopic (exact) mass is 175 g/mol. The van der Waals surface area contributed by atoms with Crippen molar-refractivity contribution < 1.29 is 4.74 Å². The molecule has 1 N–H and O–H groups in total. The molecule has 2 heterocycles. The first-order valence-corrected chi connectivity index (χ1v) is 3.92. The van der Waals surface area contributed by atoms with E-state index in [1.54, 1.807) is 0 Å². The standard InChI is InChI=1S/C8H13NO.ClH/c1-2-8(9-5-1)3-6-10-7-4-8;/h1-2,9H,3-7H2;1H. The molecule has 0 amide bonds. The number of hydrogen-bond donors (Lipinski definition) is 1. The zero-order chi connectivity index (χ0) is 6.86. The maximum atomic E-state index is 5.28. The Balaban J connectivity index is 0.000000605. The van der Waals surface area contributed by atoms with Gasteiger partial charge in [-0.2, -0.15) is 0 Å². The Morgan fingerprint density at radius 3 is 2.55 bits per heavy atom. The van der Waals surface area contributed by atoms with Crippen LogP contribution in [0.4, 0.5) is 0 Å². The second kappa shape index (κ2) is 3.57. The van der Waals surface area contributed by atoms with Gasteiger partial charge < -0.3 is 10.1 Å². The van der Waals surface area contributed by atoms with E-state index in [2.05, 4.69) is 17.5 Å². The molecule has 2 rings (SSSR count). The first-order valence-electron chi connectivity index (χ1n) is 3.92. The van der Waals surface area contributed by atoms with Crippen molar-refractivity contribution in [3.63, 3.8) is 0 Å². The quantitative estimate of drug-likeness (QED) is 0.558. The van der Waals surface area contributed by atoms with E-state index in [0.717, 1.165) is 32.6 Å². The van der Waals surface area contributed by atoms with E-state index in [1.807, 2.05) is 0 Å². The Labute approximate surface area is 73.4 Å². The van der Waals surface area contributed by atoms with Gasteiger partial charge in [-0.05, 0) is 12.8 Å². The second-order valence-corrected chi connectivity index (χ2v) is 3.05. The first kappa shape index (κ1) is 9.04. The fourth-order valence-electron chi connectivity index (χ4n) is 1.68. The summed E-state index contributed by atoms with van der Waals surface area (Å²) in [6.07, 6.45) is 6.80. The van der Waals surface area contributed by atoms with Gasteiger partial charge in [-0.3, -0.25) is 0 Å². The largest absolute Gasteiger partial charge is 0.381 e. The highest BCUT2D eigenvalue weighted by Gasteiger charge is 2.30. The van der Waals surface area contributed by atoms with Crippen LogP contribution >= 0.6 is 12.4 Å². The van der Waals surface area contributed by atoms with Gasteiger partial charge in [-0.1, -0.05) is 12.2 Å². The number of halogens is 1. The summed E-state index contributed by atoms with van der Waals surface area (Å²) in [6, 6.07) is 0. The van der Waals surface area contributed by atoms with Gasteiger partial charge in [-0.15, -0.1) is 12.4 Å². The molecule has 0 radical (unpaired) electrons. The van der Waals surface area contributed by atoms with Crippen molar-refractivity contribution in [1.29, 1.82) is 0 Å². The molecule has 64 valence electrons. The van der Waals surface area contributed by atoms with Crippen molar-refractivity contribution in [2.45, 2.75) is 18.4 Å². The molecule has 1 fully saturated rings. The Bertz CT molecular complexity index is 152. The molecule has 0 aliphatic carbocycles. The zero-order valence-electron chi connectivity index (χ0n) is 6.51. The van der Waals surface area contributed by atoms with Gasteiger partial charge >= 0.3 is 0 Å². The minimum atomic E-state index is 0. The lowest BCUT2D eigenvalue weighted by Crippen LogP contribution is -2.44. The third-order valence-corrected chi connectivity index (χ3v) is 2.39. The zero-order valence-corrected chi connectivity index (χ0v) is 7.32. The molecule has 2 nitrogen and oxygen atoms in total. The molecule has 1 saturated heterocycles. The van der Waals surface area contributed by atoms with Crippen molar-refractivity contribution in [2.24, 2.45) is 0 Å². The summed E-state index contributed by atoms with van der Waals surface area (Å²) in [6.45, 7) is 2.87. The molecule has 0 aromatic carbocycles. The van der Waals surface area contributed by atoms with Crippen LogP contribution in [0.3, 0.4) is 0 Å². The van der Waals surface area contributed by atoms with Crippen LogP contribution in [0.5, 0.6) is 0 Å². The normalized spacial score (nSPS) is 26.9. The van der Waals surface area contributed by atoms with Crippen LogP contribution in [0.25, 0.3) is 0 Å². The average molecular weight is 176 g/mol. The van der Waals surface area contributed by atoms with E-state index >= 15 is 0 Å². The lowest BCUT2D eigenvalue weighted by Gasteiger charge is -2.32. The molecule has 3 heteroatoms. The molecule has 0 bridgehead atoms. The van der Waals surface area contributed by atoms with Gasteiger partial charge in [0.15, 0.2) is 0 Å². The van der Waals surface area contributed by atoms with Crippen LogP contribution in [-0.4, -0.2) is 25.3 Å². The Morgan fingerprint density at radius 1 is 1.27 bits per heavy atom. The minimum Gasteiger partial charge on any atom is -0.381 e. The van der Waals surface area contributed by atoms with Crippen molar-refractivity contribution in [3.05, 3.63) is 12.2 Å². The fourth-order valence-corrected chi connectivity index (χ4v) is 1.68. The molecule has 1 spiro atoms. The van der Waals surface area contributed by atoms with Gasteiger partial charge in [0, 0.05) is 25.3 Å². The molecule has 11 heavy (non-hydrogen) atoms. The molecule has 2 aliphatic rings. The van der Waals surface area contributed by atoms with E-state index in [4.69, 9.17) is 4.74 Å². The lowest BCUT2D eigenvalue weighted by molar-refractivity contribution is 0.0594. The number of ether oxygens (including phenoxy) is 1. The van der Waals surface area contributed by atoms with Crippen LogP contribution in [-0.2, 0) is 4.74 Å². The van der Waals surface area contributed by atoms with E-state index in [0.29, 0.717) is 5.54 Å². The van der Waals surface area contributed by atoms with E-state index < -0.39 is 0 Å². The highest BCUT2D eigenvalue weighted by molar-refractivity contribution is 5.85. The van der Waals surface area contributed by atoms with Crippen LogP contribution in [0.15, 0.2) is 12.2 Å². The summed E-state index contributed by atoms with van der Waals surface area (Å²) in [4.78, 5) is 0. The predicted molar refractivity (Wildman–Crippen MR) is 47.2 cm³/mol. The minimum absolute atomic E-state index is 0. The van der Waals surface area contributed by atoms with E-state index in [9.17, 15) is 0 Å². The van der Waals surface area contributed by atoms with Gasteiger partial charge in [0.25, 0.3) is 0 Å². The van der Waals surface area contributed by atoms with Crippen molar-refractivity contribution in [2.75, 3.05) is 19.8 Å². The van der Waals surface area contributed by atoms with Crippen LogP contribution < -0.4 is 5.32 Å². The average Bonchev–Trinajstić information content (AvgIpc) is 2.39. The van der Waals surface area contributed by atoms with Gasteiger partial charge in [0.1, 0.15) is 0 Å².